The topological polar surface area (TPSA) is 68.8 Å². The van der Waals surface area contributed by atoms with Gasteiger partial charge in [-0.25, -0.2) is 10.2 Å². The fourth-order valence-corrected chi connectivity index (χ4v) is 2.05. The highest BCUT2D eigenvalue weighted by molar-refractivity contribution is 5.71. The molecule has 0 aromatic heterocycles. The number of hydrogen-bond donors (Lipinski definition) is 2. The molecule has 0 heterocycles. The summed E-state index contributed by atoms with van der Waals surface area (Å²) in [5.74, 6) is 0.668. The second-order valence-corrected chi connectivity index (χ2v) is 4.92. The van der Waals surface area contributed by atoms with Gasteiger partial charge in [0.2, 0.25) is 0 Å². The number of methoxy groups -OCH3 is 1. The van der Waals surface area contributed by atoms with Gasteiger partial charge in [0.05, 0.1) is 13.7 Å². The zero-order chi connectivity index (χ0) is 17.2. The molecule has 2 aromatic rings. The van der Waals surface area contributed by atoms with Crippen LogP contribution >= 0.6 is 0 Å². The molecule has 0 aliphatic heterocycles. The summed E-state index contributed by atoms with van der Waals surface area (Å²) >= 11 is 0. The number of carbonyl (C=O) groups excluding carboxylic acids is 1. The lowest BCUT2D eigenvalue weighted by atomic mass is 10.2. The number of para-hydroxylation sites is 1. The van der Waals surface area contributed by atoms with Gasteiger partial charge in [-0.05, 0) is 36.8 Å². The van der Waals surface area contributed by atoms with E-state index < -0.39 is 5.97 Å². The van der Waals surface area contributed by atoms with E-state index in [9.17, 15) is 4.79 Å². The van der Waals surface area contributed by atoms with Crippen LogP contribution in [0.15, 0.2) is 48.5 Å². The molecule has 0 atom stereocenters. The minimum absolute atomic E-state index is 0.142. The van der Waals surface area contributed by atoms with Crippen LogP contribution in [0.25, 0.3) is 0 Å². The van der Waals surface area contributed by atoms with Crippen molar-refractivity contribution < 1.29 is 19.0 Å². The van der Waals surface area contributed by atoms with Crippen molar-refractivity contribution in [3.8, 4) is 11.5 Å². The predicted octanol–water partition coefficient (Wildman–Crippen LogP) is 2.75. The molecule has 128 valence electrons. The number of carbonyl (C=O) groups is 1. The maximum Gasteiger partial charge on any atom is 0.344 e. The van der Waals surface area contributed by atoms with Gasteiger partial charge in [-0.15, -0.1) is 0 Å². The molecule has 6 heteroatoms. The van der Waals surface area contributed by atoms with E-state index in [2.05, 4.69) is 10.9 Å². The number of anilines is 1. The quantitative estimate of drug-likeness (QED) is 0.544. The number of ether oxygens (including phenoxy) is 3. The summed E-state index contributed by atoms with van der Waals surface area (Å²) in [7, 11) is 1.56. The van der Waals surface area contributed by atoms with E-state index >= 15 is 0 Å². The second-order valence-electron chi connectivity index (χ2n) is 4.92. The molecule has 0 saturated heterocycles. The van der Waals surface area contributed by atoms with Gasteiger partial charge in [0, 0.05) is 12.2 Å². The Hall–Kier alpha value is -2.73. The van der Waals surface area contributed by atoms with Crippen molar-refractivity contribution in [3.05, 3.63) is 54.1 Å². The van der Waals surface area contributed by atoms with Crippen LogP contribution in [-0.4, -0.2) is 26.3 Å². The monoisotopic (exact) mass is 330 g/mol. The maximum atomic E-state index is 11.4. The summed E-state index contributed by atoms with van der Waals surface area (Å²) in [5, 5.41) is 0. The van der Waals surface area contributed by atoms with E-state index in [0.717, 1.165) is 11.3 Å². The SMILES string of the molecule is CCOC(=O)COc1ccc(CNNc2ccccc2)cc1OC. The number of hydrogen-bond acceptors (Lipinski definition) is 6. The number of rotatable bonds is 9. The zero-order valence-electron chi connectivity index (χ0n) is 13.9. The summed E-state index contributed by atoms with van der Waals surface area (Å²) in [6.45, 7) is 2.54. The fraction of sp³-hybridized carbons (Fsp3) is 0.278. The molecule has 24 heavy (non-hydrogen) atoms. The molecule has 6 nitrogen and oxygen atoms in total. The maximum absolute atomic E-state index is 11.4. The minimum Gasteiger partial charge on any atom is -0.493 e. The zero-order valence-corrected chi connectivity index (χ0v) is 13.9. The predicted molar refractivity (Wildman–Crippen MR) is 92.0 cm³/mol. The first-order chi connectivity index (χ1) is 11.7. The van der Waals surface area contributed by atoms with Crippen molar-refractivity contribution in [1.29, 1.82) is 0 Å². The number of nitrogens with one attached hydrogen (secondary N) is 2. The van der Waals surface area contributed by atoms with E-state index in [1.807, 2.05) is 42.5 Å². The Kier molecular flexibility index (Phi) is 6.91. The van der Waals surface area contributed by atoms with Crippen LogP contribution in [0.4, 0.5) is 5.69 Å². The van der Waals surface area contributed by atoms with Gasteiger partial charge in [0.25, 0.3) is 0 Å². The van der Waals surface area contributed by atoms with Crippen molar-refractivity contribution in [2.45, 2.75) is 13.5 Å². The normalized spacial score (nSPS) is 10.1. The highest BCUT2D eigenvalue weighted by Crippen LogP contribution is 2.28. The van der Waals surface area contributed by atoms with Crippen molar-refractivity contribution in [3.63, 3.8) is 0 Å². The molecule has 0 amide bonds. The summed E-state index contributed by atoms with van der Waals surface area (Å²) in [6, 6.07) is 15.4. The van der Waals surface area contributed by atoms with Crippen LogP contribution in [0, 0.1) is 0 Å². The van der Waals surface area contributed by atoms with Crippen LogP contribution in [-0.2, 0) is 16.1 Å². The van der Waals surface area contributed by atoms with Gasteiger partial charge in [0.15, 0.2) is 18.1 Å². The molecule has 0 unspecified atom stereocenters. The molecule has 0 aliphatic carbocycles. The van der Waals surface area contributed by atoms with Crippen LogP contribution < -0.4 is 20.3 Å². The molecular weight excluding hydrogens is 308 g/mol. The Morgan fingerprint density at radius 1 is 1.08 bits per heavy atom. The van der Waals surface area contributed by atoms with Gasteiger partial charge < -0.3 is 19.6 Å². The fourth-order valence-electron chi connectivity index (χ4n) is 2.05. The molecular formula is C18H22N2O4. The highest BCUT2D eigenvalue weighted by Gasteiger charge is 2.09. The van der Waals surface area contributed by atoms with Gasteiger partial charge in [-0.3, -0.25) is 0 Å². The molecule has 2 aromatic carbocycles. The average Bonchev–Trinajstić information content (AvgIpc) is 2.61. The summed E-state index contributed by atoms with van der Waals surface area (Å²) in [6.07, 6.45) is 0. The lowest BCUT2D eigenvalue weighted by Gasteiger charge is -2.13. The van der Waals surface area contributed by atoms with Crippen LogP contribution in [0.5, 0.6) is 11.5 Å². The molecule has 0 fully saturated rings. The lowest BCUT2D eigenvalue weighted by molar-refractivity contribution is -0.145. The summed E-state index contributed by atoms with van der Waals surface area (Å²) in [4.78, 5) is 11.4. The Balaban J connectivity index is 1.89. The number of benzene rings is 2. The number of esters is 1. The van der Waals surface area contributed by atoms with Gasteiger partial charge in [-0.2, -0.15) is 0 Å². The third-order valence-corrected chi connectivity index (χ3v) is 3.18. The molecule has 2 N–H and O–H groups in total. The standard InChI is InChI=1S/C18H22N2O4/c1-3-23-18(21)13-24-16-10-9-14(11-17(16)22-2)12-19-20-15-7-5-4-6-8-15/h4-11,19-20H,3,12-13H2,1-2H3. The molecule has 0 saturated carbocycles. The van der Waals surface area contributed by atoms with Crippen molar-refractivity contribution >= 4 is 11.7 Å². The van der Waals surface area contributed by atoms with E-state index in [-0.39, 0.29) is 6.61 Å². The van der Waals surface area contributed by atoms with Crippen molar-refractivity contribution in [2.24, 2.45) is 0 Å². The third kappa shape index (κ3) is 5.48. The summed E-state index contributed by atoms with van der Waals surface area (Å²) in [5.41, 5.74) is 8.25. The molecule has 0 bridgehead atoms. The molecule has 0 spiro atoms. The first-order valence-electron chi connectivity index (χ1n) is 7.72. The van der Waals surface area contributed by atoms with E-state index in [4.69, 9.17) is 14.2 Å². The molecule has 0 aliphatic rings. The number of hydrazine groups is 1. The van der Waals surface area contributed by atoms with Crippen LogP contribution in [0.2, 0.25) is 0 Å². The van der Waals surface area contributed by atoms with Gasteiger partial charge in [-0.1, -0.05) is 24.3 Å². The smallest absolute Gasteiger partial charge is 0.344 e. The van der Waals surface area contributed by atoms with Crippen LogP contribution in [0.3, 0.4) is 0 Å². The Bertz CT molecular complexity index is 647. The van der Waals surface area contributed by atoms with Crippen molar-refractivity contribution in [2.75, 3.05) is 25.7 Å². The first-order valence-corrected chi connectivity index (χ1v) is 7.72. The summed E-state index contributed by atoms with van der Waals surface area (Å²) < 4.78 is 15.6. The minimum atomic E-state index is -0.405. The van der Waals surface area contributed by atoms with E-state index in [1.54, 1.807) is 20.1 Å². The Morgan fingerprint density at radius 2 is 1.88 bits per heavy atom. The third-order valence-electron chi connectivity index (χ3n) is 3.18. The molecule has 0 radical (unpaired) electrons. The van der Waals surface area contributed by atoms with E-state index in [1.165, 1.54) is 0 Å². The van der Waals surface area contributed by atoms with Crippen LogP contribution in [0.1, 0.15) is 12.5 Å². The average molecular weight is 330 g/mol. The highest BCUT2D eigenvalue weighted by atomic mass is 16.6. The molecule has 2 rings (SSSR count). The Labute approximate surface area is 141 Å². The lowest BCUT2D eigenvalue weighted by Crippen LogP contribution is -2.20. The largest absolute Gasteiger partial charge is 0.493 e. The van der Waals surface area contributed by atoms with Gasteiger partial charge in [0.1, 0.15) is 0 Å². The van der Waals surface area contributed by atoms with E-state index in [0.29, 0.717) is 24.7 Å². The second kappa shape index (κ2) is 9.42. The Morgan fingerprint density at radius 3 is 2.58 bits per heavy atom. The first kappa shape index (κ1) is 17.6. The van der Waals surface area contributed by atoms with Gasteiger partial charge >= 0.3 is 5.97 Å². The van der Waals surface area contributed by atoms with Crippen molar-refractivity contribution in [1.82, 2.24) is 5.43 Å².